The Morgan fingerprint density at radius 2 is 1.89 bits per heavy atom. The number of esters is 1. The lowest BCUT2D eigenvalue weighted by atomic mass is 9.95. The molecule has 1 aliphatic carbocycles. The SMILES string of the molecule is COC(=O)c1cccc(Nc2nc(C)cc(C(=O)NC3CCCCC3)n2)c1. The molecule has 0 aliphatic heterocycles. The number of benzene rings is 1. The number of nitrogens with zero attached hydrogens (tertiary/aromatic N) is 2. The van der Waals surface area contributed by atoms with Crippen molar-refractivity contribution in [3.8, 4) is 0 Å². The molecular weight excluding hydrogens is 344 g/mol. The fourth-order valence-corrected chi connectivity index (χ4v) is 3.22. The summed E-state index contributed by atoms with van der Waals surface area (Å²) in [4.78, 5) is 32.9. The van der Waals surface area contributed by atoms with Gasteiger partial charge in [0.1, 0.15) is 5.69 Å². The van der Waals surface area contributed by atoms with Crippen molar-refractivity contribution in [3.05, 3.63) is 47.3 Å². The van der Waals surface area contributed by atoms with Crippen LogP contribution in [0.1, 0.15) is 58.6 Å². The summed E-state index contributed by atoms with van der Waals surface area (Å²) >= 11 is 0. The predicted octanol–water partition coefficient (Wildman–Crippen LogP) is 3.38. The summed E-state index contributed by atoms with van der Waals surface area (Å²) in [5.41, 5.74) is 2.08. The number of amides is 1. The molecule has 0 radical (unpaired) electrons. The van der Waals surface area contributed by atoms with E-state index in [1.54, 1.807) is 30.3 Å². The van der Waals surface area contributed by atoms with Gasteiger partial charge in [0, 0.05) is 17.4 Å². The van der Waals surface area contributed by atoms with Crippen LogP contribution in [0, 0.1) is 6.92 Å². The van der Waals surface area contributed by atoms with E-state index in [2.05, 4.69) is 20.6 Å². The van der Waals surface area contributed by atoms with E-state index in [0.29, 0.717) is 28.6 Å². The number of methoxy groups -OCH3 is 1. The maximum absolute atomic E-state index is 12.6. The molecule has 0 spiro atoms. The third-order valence-corrected chi connectivity index (χ3v) is 4.57. The number of rotatable bonds is 5. The van der Waals surface area contributed by atoms with Gasteiger partial charge in [-0.2, -0.15) is 0 Å². The lowest BCUT2D eigenvalue weighted by molar-refractivity contribution is 0.0600. The largest absolute Gasteiger partial charge is 0.465 e. The minimum atomic E-state index is -0.420. The summed E-state index contributed by atoms with van der Waals surface area (Å²) in [5.74, 6) is -0.291. The second-order valence-electron chi connectivity index (χ2n) is 6.72. The molecule has 0 unspecified atom stereocenters. The molecule has 2 aromatic rings. The quantitative estimate of drug-likeness (QED) is 0.786. The summed E-state index contributed by atoms with van der Waals surface area (Å²) in [6, 6.07) is 8.74. The van der Waals surface area contributed by atoms with Crippen LogP contribution in [0.2, 0.25) is 0 Å². The van der Waals surface area contributed by atoms with Gasteiger partial charge in [0.15, 0.2) is 0 Å². The van der Waals surface area contributed by atoms with E-state index < -0.39 is 5.97 Å². The van der Waals surface area contributed by atoms with E-state index in [1.807, 2.05) is 6.92 Å². The topological polar surface area (TPSA) is 93.2 Å². The van der Waals surface area contributed by atoms with E-state index in [1.165, 1.54) is 13.5 Å². The van der Waals surface area contributed by atoms with Crippen LogP contribution in [0.25, 0.3) is 0 Å². The number of carbonyl (C=O) groups excluding carboxylic acids is 2. The maximum Gasteiger partial charge on any atom is 0.337 e. The molecular formula is C20H24N4O3. The van der Waals surface area contributed by atoms with Crippen molar-refractivity contribution in [1.29, 1.82) is 0 Å². The smallest absolute Gasteiger partial charge is 0.337 e. The van der Waals surface area contributed by atoms with E-state index in [4.69, 9.17) is 4.74 Å². The fourth-order valence-electron chi connectivity index (χ4n) is 3.22. The molecule has 1 aliphatic rings. The summed E-state index contributed by atoms with van der Waals surface area (Å²) in [5, 5.41) is 6.12. The Balaban J connectivity index is 1.75. The Morgan fingerprint density at radius 3 is 2.63 bits per heavy atom. The number of hydrogen-bond acceptors (Lipinski definition) is 6. The number of nitrogens with one attached hydrogen (secondary N) is 2. The molecule has 1 heterocycles. The first kappa shape index (κ1) is 18.8. The van der Waals surface area contributed by atoms with Gasteiger partial charge in [0.05, 0.1) is 12.7 Å². The molecule has 2 N–H and O–H groups in total. The first-order valence-electron chi connectivity index (χ1n) is 9.17. The first-order chi connectivity index (χ1) is 13.0. The van der Waals surface area contributed by atoms with Crippen molar-refractivity contribution in [1.82, 2.24) is 15.3 Å². The average molecular weight is 368 g/mol. The lowest BCUT2D eigenvalue weighted by Gasteiger charge is -2.22. The second-order valence-corrected chi connectivity index (χ2v) is 6.72. The van der Waals surface area contributed by atoms with Crippen LogP contribution in [0.15, 0.2) is 30.3 Å². The first-order valence-corrected chi connectivity index (χ1v) is 9.17. The number of anilines is 2. The van der Waals surface area contributed by atoms with E-state index in [-0.39, 0.29) is 11.9 Å². The Kier molecular flexibility index (Phi) is 6.01. The molecule has 7 heteroatoms. The molecule has 27 heavy (non-hydrogen) atoms. The number of hydrogen-bond donors (Lipinski definition) is 2. The molecule has 142 valence electrons. The standard InChI is InChI=1S/C20H24N4O3/c1-13-11-17(18(25)22-15-8-4-3-5-9-15)24-20(21-13)23-16-10-6-7-14(12-16)19(26)27-2/h6-7,10-12,15H,3-5,8-9H2,1-2H3,(H,22,25)(H,21,23,24). The molecule has 0 atom stereocenters. The highest BCUT2D eigenvalue weighted by atomic mass is 16.5. The number of carbonyl (C=O) groups is 2. The highest BCUT2D eigenvalue weighted by Gasteiger charge is 2.18. The van der Waals surface area contributed by atoms with Crippen molar-refractivity contribution < 1.29 is 14.3 Å². The molecule has 1 aromatic carbocycles. The van der Waals surface area contributed by atoms with Gasteiger partial charge in [-0.25, -0.2) is 14.8 Å². The van der Waals surface area contributed by atoms with Crippen molar-refractivity contribution in [2.75, 3.05) is 12.4 Å². The zero-order valence-corrected chi connectivity index (χ0v) is 15.6. The molecule has 1 amide bonds. The Bertz CT molecular complexity index is 832. The van der Waals surface area contributed by atoms with Gasteiger partial charge < -0.3 is 15.4 Å². The van der Waals surface area contributed by atoms with Crippen LogP contribution in [-0.4, -0.2) is 35.0 Å². The third-order valence-electron chi connectivity index (χ3n) is 4.57. The minimum absolute atomic E-state index is 0.182. The van der Waals surface area contributed by atoms with Crippen LogP contribution in [0.5, 0.6) is 0 Å². The summed E-state index contributed by atoms with van der Waals surface area (Å²) < 4.78 is 4.73. The van der Waals surface area contributed by atoms with Crippen molar-refractivity contribution >= 4 is 23.5 Å². The molecule has 1 aromatic heterocycles. The maximum atomic E-state index is 12.6. The van der Waals surface area contributed by atoms with Crippen LogP contribution < -0.4 is 10.6 Å². The highest BCUT2D eigenvalue weighted by molar-refractivity contribution is 5.93. The summed E-state index contributed by atoms with van der Waals surface area (Å²) in [6.45, 7) is 1.81. The third kappa shape index (κ3) is 5.03. The number of aryl methyl sites for hydroxylation is 1. The van der Waals surface area contributed by atoms with Crippen molar-refractivity contribution in [2.24, 2.45) is 0 Å². The van der Waals surface area contributed by atoms with Gasteiger partial charge in [-0.1, -0.05) is 25.3 Å². The molecule has 1 saturated carbocycles. The highest BCUT2D eigenvalue weighted by Crippen LogP contribution is 2.19. The van der Waals surface area contributed by atoms with Crippen LogP contribution >= 0.6 is 0 Å². The van der Waals surface area contributed by atoms with Gasteiger partial charge >= 0.3 is 5.97 Å². The normalized spacial score (nSPS) is 14.4. The molecule has 1 fully saturated rings. The van der Waals surface area contributed by atoms with Gasteiger partial charge in [-0.05, 0) is 44.0 Å². The Labute approximate surface area is 158 Å². The molecule has 0 bridgehead atoms. The molecule has 7 nitrogen and oxygen atoms in total. The van der Waals surface area contributed by atoms with Crippen LogP contribution in [0.4, 0.5) is 11.6 Å². The molecule has 3 rings (SSSR count). The molecule has 0 saturated heterocycles. The van der Waals surface area contributed by atoms with Gasteiger partial charge in [0.25, 0.3) is 5.91 Å². The number of ether oxygens (including phenoxy) is 1. The monoisotopic (exact) mass is 368 g/mol. The predicted molar refractivity (Wildman–Crippen MR) is 102 cm³/mol. The lowest BCUT2D eigenvalue weighted by Crippen LogP contribution is -2.36. The summed E-state index contributed by atoms with van der Waals surface area (Å²) in [6.07, 6.45) is 5.56. The zero-order chi connectivity index (χ0) is 19.2. The van der Waals surface area contributed by atoms with Crippen molar-refractivity contribution in [3.63, 3.8) is 0 Å². The zero-order valence-electron chi connectivity index (χ0n) is 15.6. The average Bonchev–Trinajstić information content (AvgIpc) is 2.68. The van der Waals surface area contributed by atoms with E-state index in [0.717, 1.165) is 25.7 Å². The fraction of sp³-hybridized carbons (Fsp3) is 0.400. The Morgan fingerprint density at radius 1 is 1.11 bits per heavy atom. The van der Waals surface area contributed by atoms with E-state index >= 15 is 0 Å². The minimum Gasteiger partial charge on any atom is -0.465 e. The van der Waals surface area contributed by atoms with Crippen molar-refractivity contribution in [2.45, 2.75) is 45.1 Å². The summed E-state index contributed by atoms with van der Waals surface area (Å²) in [7, 11) is 1.34. The van der Waals surface area contributed by atoms with Gasteiger partial charge in [-0.15, -0.1) is 0 Å². The van der Waals surface area contributed by atoms with Crippen LogP contribution in [-0.2, 0) is 4.74 Å². The van der Waals surface area contributed by atoms with Crippen LogP contribution in [0.3, 0.4) is 0 Å². The Hall–Kier alpha value is -2.96. The van der Waals surface area contributed by atoms with Gasteiger partial charge in [-0.3, -0.25) is 4.79 Å². The second kappa shape index (κ2) is 8.62. The number of aromatic nitrogens is 2. The van der Waals surface area contributed by atoms with Gasteiger partial charge in [0.2, 0.25) is 5.95 Å². The van der Waals surface area contributed by atoms with E-state index in [9.17, 15) is 9.59 Å².